The van der Waals surface area contributed by atoms with Crippen molar-refractivity contribution < 1.29 is 0 Å². The van der Waals surface area contributed by atoms with Gasteiger partial charge in [-0.25, -0.2) is 0 Å². The highest BCUT2D eigenvalue weighted by atomic mass is 15.1. The fourth-order valence-electron chi connectivity index (χ4n) is 7.39. The molecule has 0 heterocycles. The Bertz CT molecular complexity index is 2600. The van der Waals surface area contributed by atoms with Crippen molar-refractivity contribution in [2.45, 2.75) is 0 Å². The van der Waals surface area contributed by atoms with E-state index in [1.165, 1.54) is 66.1 Å². The number of fused-ring (bicyclic) bond motifs is 2. The lowest BCUT2D eigenvalue weighted by Crippen LogP contribution is -2.10. The van der Waals surface area contributed by atoms with Gasteiger partial charge in [0.2, 0.25) is 0 Å². The molecule has 0 saturated heterocycles. The largest absolute Gasteiger partial charge is 0.310 e. The lowest BCUT2D eigenvalue weighted by molar-refractivity contribution is 1.28. The second kappa shape index (κ2) is 13.3. The number of anilines is 3. The van der Waals surface area contributed by atoms with Crippen LogP contribution in [0.3, 0.4) is 0 Å². The maximum absolute atomic E-state index is 2.37. The molecular weight excluding hydrogens is 615 g/mol. The summed E-state index contributed by atoms with van der Waals surface area (Å²) in [6.45, 7) is 0. The first-order valence-electron chi connectivity index (χ1n) is 17.5. The van der Waals surface area contributed by atoms with Crippen LogP contribution in [0.25, 0.3) is 66.1 Å². The quantitative estimate of drug-likeness (QED) is 0.166. The molecule has 51 heavy (non-hydrogen) atoms. The third-order valence-electron chi connectivity index (χ3n) is 9.87. The molecule has 9 aromatic carbocycles. The molecule has 0 saturated carbocycles. The Morgan fingerprint density at radius 3 is 1.47 bits per heavy atom. The van der Waals surface area contributed by atoms with Gasteiger partial charge in [0.25, 0.3) is 0 Å². The molecule has 1 heteroatoms. The number of hydrogen-bond acceptors (Lipinski definition) is 1. The van der Waals surface area contributed by atoms with Gasteiger partial charge >= 0.3 is 0 Å². The predicted octanol–water partition coefficient (Wildman–Crippen LogP) is 14.1. The van der Waals surface area contributed by atoms with E-state index >= 15 is 0 Å². The summed E-state index contributed by atoms with van der Waals surface area (Å²) in [5, 5.41) is 5.00. The van der Waals surface area contributed by atoms with E-state index < -0.39 is 0 Å². The third kappa shape index (κ3) is 5.86. The van der Waals surface area contributed by atoms with E-state index in [0.29, 0.717) is 0 Å². The summed E-state index contributed by atoms with van der Waals surface area (Å²) in [5.41, 5.74) is 13.0. The van der Waals surface area contributed by atoms with Gasteiger partial charge in [0.05, 0.1) is 0 Å². The molecule has 0 N–H and O–H groups in total. The topological polar surface area (TPSA) is 3.24 Å². The van der Waals surface area contributed by atoms with Crippen LogP contribution in [0, 0.1) is 0 Å². The minimum absolute atomic E-state index is 1.10. The zero-order chi connectivity index (χ0) is 34.0. The van der Waals surface area contributed by atoms with Crippen LogP contribution >= 0.6 is 0 Å². The van der Waals surface area contributed by atoms with Crippen LogP contribution in [0.15, 0.2) is 212 Å². The Labute approximate surface area is 299 Å². The van der Waals surface area contributed by atoms with E-state index in [4.69, 9.17) is 0 Å². The number of nitrogens with zero attached hydrogens (tertiary/aromatic N) is 1. The first-order chi connectivity index (χ1) is 25.3. The summed E-state index contributed by atoms with van der Waals surface area (Å²) in [6.07, 6.45) is 0. The van der Waals surface area contributed by atoms with Gasteiger partial charge in [-0.2, -0.15) is 0 Å². The standard InChI is InChI=1S/C50H35N/c1-3-13-36(14-4-1)37-25-30-43(31-26-37)51(45-21-11-20-42(35-45)47-24-12-19-38-15-7-9-22-46(38)47)44-32-27-40(28-33-44)49-34-29-39-16-8-10-23-48(39)50(49)41-17-5-2-6-18-41/h1-35H. The van der Waals surface area contributed by atoms with Crippen molar-refractivity contribution >= 4 is 38.6 Å². The predicted molar refractivity (Wildman–Crippen MR) is 218 cm³/mol. The van der Waals surface area contributed by atoms with Gasteiger partial charge < -0.3 is 4.90 Å². The van der Waals surface area contributed by atoms with E-state index in [-0.39, 0.29) is 0 Å². The number of rotatable bonds is 7. The molecule has 0 radical (unpaired) electrons. The van der Waals surface area contributed by atoms with Gasteiger partial charge in [-0.3, -0.25) is 0 Å². The average Bonchev–Trinajstić information content (AvgIpc) is 3.21. The minimum Gasteiger partial charge on any atom is -0.310 e. The Kier molecular flexibility index (Phi) is 7.92. The highest BCUT2D eigenvalue weighted by molar-refractivity contribution is 6.04. The maximum Gasteiger partial charge on any atom is 0.0467 e. The van der Waals surface area contributed by atoms with Gasteiger partial charge in [-0.1, -0.05) is 176 Å². The molecular formula is C50H35N. The monoisotopic (exact) mass is 649 g/mol. The van der Waals surface area contributed by atoms with Crippen LogP contribution in [0.4, 0.5) is 17.1 Å². The summed E-state index contributed by atoms with van der Waals surface area (Å²) in [4.78, 5) is 2.37. The first kappa shape index (κ1) is 30.4. The van der Waals surface area contributed by atoms with Crippen LogP contribution in [0.2, 0.25) is 0 Å². The summed E-state index contributed by atoms with van der Waals surface area (Å²) in [7, 11) is 0. The highest BCUT2D eigenvalue weighted by Crippen LogP contribution is 2.42. The van der Waals surface area contributed by atoms with Crippen molar-refractivity contribution in [1.82, 2.24) is 0 Å². The second-order valence-corrected chi connectivity index (χ2v) is 12.9. The van der Waals surface area contributed by atoms with Crippen molar-refractivity contribution in [2.75, 3.05) is 4.90 Å². The summed E-state index contributed by atoms with van der Waals surface area (Å²) in [6, 6.07) is 76.6. The van der Waals surface area contributed by atoms with Crippen LogP contribution < -0.4 is 4.90 Å². The molecule has 0 amide bonds. The van der Waals surface area contributed by atoms with Gasteiger partial charge in [0.1, 0.15) is 0 Å². The minimum atomic E-state index is 1.10. The van der Waals surface area contributed by atoms with E-state index in [0.717, 1.165) is 17.1 Å². The molecule has 0 aliphatic heterocycles. The molecule has 0 aromatic heterocycles. The molecule has 0 unspecified atom stereocenters. The highest BCUT2D eigenvalue weighted by Gasteiger charge is 2.17. The van der Waals surface area contributed by atoms with Crippen molar-refractivity contribution in [2.24, 2.45) is 0 Å². The number of hydrogen-bond donors (Lipinski definition) is 0. The normalized spacial score (nSPS) is 11.1. The summed E-state index contributed by atoms with van der Waals surface area (Å²) in [5.74, 6) is 0. The molecule has 0 aliphatic carbocycles. The van der Waals surface area contributed by atoms with Crippen LogP contribution in [0.5, 0.6) is 0 Å². The van der Waals surface area contributed by atoms with E-state index in [2.05, 4.69) is 217 Å². The zero-order valence-electron chi connectivity index (χ0n) is 28.2. The average molecular weight is 650 g/mol. The van der Waals surface area contributed by atoms with Crippen LogP contribution in [-0.4, -0.2) is 0 Å². The molecule has 0 aliphatic rings. The molecule has 1 nitrogen and oxygen atoms in total. The number of benzene rings is 9. The smallest absolute Gasteiger partial charge is 0.0467 e. The van der Waals surface area contributed by atoms with Crippen molar-refractivity contribution in [3.05, 3.63) is 212 Å². The lowest BCUT2D eigenvalue weighted by Gasteiger charge is -2.27. The lowest BCUT2D eigenvalue weighted by atomic mass is 9.90. The molecule has 0 bridgehead atoms. The Morgan fingerprint density at radius 2 is 0.765 bits per heavy atom. The van der Waals surface area contributed by atoms with Crippen LogP contribution in [0.1, 0.15) is 0 Å². The van der Waals surface area contributed by atoms with Gasteiger partial charge in [-0.15, -0.1) is 0 Å². The Hall–Kier alpha value is -6.70. The van der Waals surface area contributed by atoms with Gasteiger partial charge in [0, 0.05) is 17.1 Å². The molecule has 0 spiro atoms. The Morgan fingerprint density at radius 1 is 0.255 bits per heavy atom. The van der Waals surface area contributed by atoms with Gasteiger partial charge in [0.15, 0.2) is 0 Å². The fourth-order valence-corrected chi connectivity index (χ4v) is 7.39. The summed E-state index contributed by atoms with van der Waals surface area (Å²) >= 11 is 0. The molecule has 0 fully saturated rings. The van der Waals surface area contributed by atoms with E-state index in [1.807, 2.05) is 0 Å². The van der Waals surface area contributed by atoms with Crippen molar-refractivity contribution in [1.29, 1.82) is 0 Å². The molecule has 240 valence electrons. The van der Waals surface area contributed by atoms with Crippen molar-refractivity contribution in [3.63, 3.8) is 0 Å². The van der Waals surface area contributed by atoms with Crippen molar-refractivity contribution in [3.8, 4) is 44.5 Å². The van der Waals surface area contributed by atoms with Gasteiger partial charge in [-0.05, 0) is 102 Å². The van der Waals surface area contributed by atoms with Crippen LogP contribution in [-0.2, 0) is 0 Å². The van der Waals surface area contributed by atoms with E-state index in [9.17, 15) is 0 Å². The first-order valence-corrected chi connectivity index (χ1v) is 17.5. The third-order valence-corrected chi connectivity index (χ3v) is 9.87. The Balaban J connectivity index is 1.17. The van der Waals surface area contributed by atoms with E-state index in [1.54, 1.807) is 0 Å². The second-order valence-electron chi connectivity index (χ2n) is 12.9. The SMILES string of the molecule is c1ccc(-c2ccc(N(c3ccc(-c4ccc5ccccc5c4-c4ccccc4)cc3)c3cccc(-c4cccc5ccccc45)c3)cc2)cc1. The molecule has 9 rings (SSSR count). The fraction of sp³-hybridized carbons (Fsp3) is 0. The maximum atomic E-state index is 2.37. The summed E-state index contributed by atoms with van der Waals surface area (Å²) < 4.78 is 0. The zero-order valence-corrected chi connectivity index (χ0v) is 28.2. The molecule has 9 aromatic rings. The molecule has 0 atom stereocenters.